The van der Waals surface area contributed by atoms with Gasteiger partial charge in [0.25, 0.3) is 0 Å². The molecule has 142 valence electrons. The van der Waals surface area contributed by atoms with Crippen LogP contribution in [-0.4, -0.2) is 23.2 Å². The van der Waals surface area contributed by atoms with Gasteiger partial charge in [-0.05, 0) is 70.7 Å². The van der Waals surface area contributed by atoms with E-state index < -0.39 is 23.0 Å². The summed E-state index contributed by atoms with van der Waals surface area (Å²) in [5.74, 6) is -2.41. The first-order valence-electron chi connectivity index (χ1n) is 8.33. The number of ether oxygens (including phenoxy) is 1. The van der Waals surface area contributed by atoms with Crippen molar-refractivity contribution in [1.82, 2.24) is 4.98 Å². The number of allylic oxidation sites excluding steroid dienone is 1. The van der Waals surface area contributed by atoms with E-state index >= 15 is 0 Å². The summed E-state index contributed by atoms with van der Waals surface area (Å²) in [5, 5.41) is 10.2. The van der Waals surface area contributed by atoms with Crippen LogP contribution in [0.3, 0.4) is 0 Å². The summed E-state index contributed by atoms with van der Waals surface area (Å²) in [4.78, 5) is 16.4. The molecule has 0 radical (unpaired) electrons. The monoisotopic (exact) mass is 485 g/mol. The first-order valence-corrected chi connectivity index (χ1v) is 9.41. The molecule has 7 heteroatoms. The number of halogens is 3. The third-order valence-electron chi connectivity index (χ3n) is 5.12. The van der Waals surface area contributed by atoms with Crippen molar-refractivity contribution in [2.75, 3.05) is 7.11 Å². The molecule has 0 saturated carbocycles. The fourth-order valence-electron chi connectivity index (χ4n) is 3.83. The topological polar surface area (TPSA) is 59.4 Å². The van der Waals surface area contributed by atoms with Gasteiger partial charge in [-0.15, -0.1) is 0 Å². The van der Waals surface area contributed by atoms with E-state index in [9.17, 15) is 18.7 Å². The highest BCUT2D eigenvalue weighted by molar-refractivity contribution is 14.1. The van der Waals surface area contributed by atoms with Gasteiger partial charge in [-0.1, -0.05) is 19.1 Å². The van der Waals surface area contributed by atoms with E-state index in [1.807, 2.05) is 29.5 Å². The standard InChI is InChI=1S/C20H18F2INO3/c1-10-8-20(19(25)26,13-5-4-6-14(21)11(13)2)17(23)16(10)12-7-15(22)18(27-3)24-9-12/h4-7,9-10H,8H2,1-3H3,(H,25,26)/t10?,20-/m1/s1. The number of pyridine rings is 1. The van der Waals surface area contributed by atoms with E-state index in [0.29, 0.717) is 25.8 Å². The van der Waals surface area contributed by atoms with Gasteiger partial charge in [-0.25, -0.2) is 13.8 Å². The number of carboxylic acid groups (broad SMARTS) is 1. The molecule has 3 rings (SSSR count). The van der Waals surface area contributed by atoms with Crippen molar-refractivity contribution in [2.45, 2.75) is 25.7 Å². The summed E-state index contributed by atoms with van der Waals surface area (Å²) < 4.78 is 33.7. The highest BCUT2D eigenvalue weighted by Gasteiger charge is 2.52. The van der Waals surface area contributed by atoms with Crippen molar-refractivity contribution >= 4 is 34.1 Å². The highest BCUT2D eigenvalue weighted by atomic mass is 127. The molecule has 0 fully saturated rings. The highest BCUT2D eigenvalue weighted by Crippen LogP contribution is 2.55. The fraction of sp³-hybridized carbons (Fsp3) is 0.300. The molecule has 27 heavy (non-hydrogen) atoms. The molecule has 0 amide bonds. The van der Waals surface area contributed by atoms with Gasteiger partial charge in [-0.2, -0.15) is 0 Å². The molecule has 1 aromatic heterocycles. The summed E-state index contributed by atoms with van der Waals surface area (Å²) in [6, 6.07) is 5.77. The van der Waals surface area contributed by atoms with Crippen molar-refractivity contribution in [3.63, 3.8) is 0 Å². The predicted octanol–water partition coefficient (Wildman–Crippen LogP) is 4.89. The summed E-state index contributed by atoms with van der Waals surface area (Å²) in [5.41, 5.74) is 0.556. The van der Waals surface area contributed by atoms with E-state index in [1.54, 1.807) is 13.0 Å². The van der Waals surface area contributed by atoms with Crippen LogP contribution in [0.5, 0.6) is 5.88 Å². The second kappa shape index (κ2) is 7.18. The Kier molecular flexibility index (Phi) is 5.24. The molecule has 1 unspecified atom stereocenters. The van der Waals surface area contributed by atoms with Gasteiger partial charge in [0.15, 0.2) is 5.82 Å². The molecule has 1 N–H and O–H groups in total. The largest absolute Gasteiger partial charge is 0.480 e. The molecule has 0 saturated heterocycles. The number of carboxylic acids is 1. The van der Waals surface area contributed by atoms with Gasteiger partial charge in [0.05, 0.1) is 7.11 Å². The Morgan fingerprint density at radius 2 is 2.07 bits per heavy atom. The Bertz CT molecular complexity index is 960. The Labute approximate surface area is 169 Å². The lowest BCUT2D eigenvalue weighted by Gasteiger charge is -2.28. The van der Waals surface area contributed by atoms with Gasteiger partial charge in [0.1, 0.15) is 11.2 Å². The van der Waals surface area contributed by atoms with Crippen molar-refractivity contribution in [2.24, 2.45) is 5.92 Å². The van der Waals surface area contributed by atoms with Crippen LogP contribution in [0.15, 0.2) is 34.0 Å². The lowest BCUT2D eigenvalue weighted by molar-refractivity contribution is -0.142. The number of hydrogen-bond donors (Lipinski definition) is 1. The molecule has 0 spiro atoms. The molecule has 2 atom stereocenters. The molecule has 4 nitrogen and oxygen atoms in total. The summed E-state index contributed by atoms with van der Waals surface area (Å²) in [6.07, 6.45) is 1.73. The van der Waals surface area contributed by atoms with Gasteiger partial charge in [0, 0.05) is 15.3 Å². The van der Waals surface area contributed by atoms with Gasteiger partial charge >= 0.3 is 5.97 Å². The molecule has 1 aromatic carbocycles. The zero-order chi connectivity index (χ0) is 19.9. The number of aliphatic carboxylic acids is 1. The summed E-state index contributed by atoms with van der Waals surface area (Å²) in [6.45, 7) is 3.46. The maximum absolute atomic E-state index is 14.2. The van der Waals surface area contributed by atoms with Crippen LogP contribution in [0.4, 0.5) is 8.78 Å². The average Bonchev–Trinajstić information content (AvgIpc) is 2.89. The van der Waals surface area contributed by atoms with Gasteiger partial charge in [-0.3, -0.25) is 4.79 Å². The van der Waals surface area contributed by atoms with E-state index in [-0.39, 0.29) is 18.2 Å². The molecular formula is C20H18F2INO3. The van der Waals surface area contributed by atoms with Crippen LogP contribution >= 0.6 is 22.6 Å². The Morgan fingerprint density at radius 3 is 2.67 bits per heavy atom. The van der Waals surface area contributed by atoms with Gasteiger partial charge in [0.2, 0.25) is 5.88 Å². The number of hydrogen-bond acceptors (Lipinski definition) is 3. The predicted molar refractivity (Wildman–Crippen MR) is 106 cm³/mol. The number of benzene rings is 1. The first-order chi connectivity index (χ1) is 12.7. The van der Waals surface area contributed by atoms with E-state index in [0.717, 1.165) is 0 Å². The van der Waals surface area contributed by atoms with Crippen molar-refractivity contribution in [3.8, 4) is 5.88 Å². The van der Waals surface area contributed by atoms with E-state index in [4.69, 9.17) is 4.74 Å². The third-order valence-corrected chi connectivity index (χ3v) is 6.62. The normalized spacial score (nSPS) is 22.2. The quantitative estimate of drug-likeness (QED) is 0.628. The lowest BCUT2D eigenvalue weighted by Crippen LogP contribution is -2.35. The molecule has 1 aliphatic rings. The SMILES string of the molecule is COc1ncc(C2=C(I)[C@](C(=O)O)(c3cccc(F)c3C)CC2C)cc1F. The minimum Gasteiger partial charge on any atom is -0.480 e. The van der Waals surface area contributed by atoms with E-state index in [1.165, 1.54) is 31.5 Å². The van der Waals surface area contributed by atoms with Crippen LogP contribution < -0.4 is 4.74 Å². The van der Waals surface area contributed by atoms with Crippen LogP contribution in [0.25, 0.3) is 5.57 Å². The maximum Gasteiger partial charge on any atom is 0.319 e. The van der Waals surface area contributed by atoms with Crippen LogP contribution in [0.2, 0.25) is 0 Å². The second-order valence-electron chi connectivity index (χ2n) is 6.67. The van der Waals surface area contributed by atoms with Crippen LogP contribution in [-0.2, 0) is 10.2 Å². The number of aromatic nitrogens is 1. The number of carbonyl (C=O) groups is 1. The minimum atomic E-state index is -1.38. The Morgan fingerprint density at radius 1 is 1.37 bits per heavy atom. The van der Waals surface area contributed by atoms with Crippen molar-refractivity contribution < 1.29 is 23.4 Å². The summed E-state index contributed by atoms with van der Waals surface area (Å²) in [7, 11) is 1.33. The first kappa shape index (κ1) is 19.7. The minimum absolute atomic E-state index is 0.120. The Balaban J connectivity index is 2.25. The number of nitrogens with zero attached hydrogens (tertiary/aromatic N) is 1. The number of methoxy groups -OCH3 is 1. The van der Waals surface area contributed by atoms with Crippen LogP contribution in [0, 0.1) is 24.5 Å². The van der Waals surface area contributed by atoms with Crippen molar-refractivity contribution in [3.05, 3.63) is 62.4 Å². The molecule has 2 aromatic rings. The smallest absolute Gasteiger partial charge is 0.319 e. The molecular weight excluding hydrogens is 467 g/mol. The fourth-order valence-corrected chi connectivity index (χ4v) is 5.41. The lowest BCUT2D eigenvalue weighted by atomic mass is 9.76. The maximum atomic E-state index is 14.2. The van der Waals surface area contributed by atoms with Crippen molar-refractivity contribution in [1.29, 1.82) is 0 Å². The second-order valence-corrected chi connectivity index (χ2v) is 7.75. The average molecular weight is 485 g/mol. The molecule has 1 aliphatic carbocycles. The van der Waals surface area contributed by atoms with E-state index in [2.05, 4.69) is 4.98 Å². The summed E-state index contributed by atoms with van der Waals surface area (Å²) >= 11 is 2.00. The Hall–Kier alpha value is -2.03. The zero-order valence-electron chi connectivity index (χ0n) is 15.0. The zero-order valence-corrected chi connectivity index (χ0v) is 17.2. The molecule has 0 aliphatic heterocycles. The number of rotatable bonds is 4. The van der Waals surface area contributed by atoms with Crippen LogP contribution in [0.1, 0.15) is 30.0 Å². The molecule has 0 bridgehead atoms. The molecule has 1 heterocycles. The third kappa shape index (κ3) is 3.01. The van der Waals surface area contributed by atoms with Gasteiger partial charge < -0.3 is 9.84 Å².